The first-order valence-corrected chi connectivity index (χ1v) is 8.37. The zero-order valence-corrected chi connectivity index (χ0v) is 14.2. The fourth-order valence-electron chi connectivity index (χ4n) is 4.61. The Kier molecular flexibility index (Phi) is 2.46. The molecule has 3 atom stereocenters. The van der Waals surface area contributed by atoms with Crippen molar-refractivity contribution in [2.45, 2.75) is 58.3 Å². The smallest absolute Gasteiger partial charge is 0.0808 e. The molecule has 2 heterocycles. The van der Waals surface area contributed by atoms with Gasteiger partial charge in [-0.15, -0.1) is 0 Å². The Hall–Kier alpha value is -1.80. The van der Waals surface area contributed by atoms with E-state index in [-0.39, 0.29) is 17.6 Å². The van der Waals surface area contributed by atoms with Crippen molar-refractivity contribution < 1.29 is 4.11 Å². The summed E-state index contributed by atoms with van der Waals surface area (Å²) in [6.45, 7) is 6.41. The van der Waals surface area contributed by atoms with Crippen molar-refractivity contribution in [2.75, 3.05) is 4.90 Å². The van der Waals surface area contributed by atoms with E-state index < -0.39 is 13.0 Å². The van der Waals surface area contributed by atoms with Crippen LogP contribution in [0.4, 0.5) is 5.69 Å². The summed E-state index contributed by atoms with van der Waals surface area (Å²) in [5, 5.41) is 0. The number of rotatable bonds is 1. The lowest BCUT2D eigenvalue weighted by Crippen LogP contribution is -2.45. The zero-order chi connectivity index (χ0) is 18.9. The lowest BCUT2D eigenvalue weighted by atomic mass is 9.91. The highest BCUT2D eigenvalue weighted by Gasteiger charge is 2.55. The minimum absolute atomic E-state index is 0.0736. The van der Waals surface area contributed by atoms with Crippen LogP contribution in [0.5, 0.6) is 0 Å². The van der Waals surface area contributed by atoms with Crippen LogP contribution in [0.1, 0.15) is 54.5 Å². The lowest BCUT2D eigenvalue weighted by molar-refractivity contribution is 0.0920. The maximum absolute atomic E-state index is 8.35. The molecule has 2 nitrogen and oxygen atoms in total. The van der Waals surface area contributed by atoms with Gasteiger partial charge in [-0.3, -0.25) is 4.90 Å². The fourth-order valence-corrected chi connectivity index (χ4v) is 4.61. The molecule has 1 saturated heterocycles. The molecule has 120 valence electrons. The van der Waals surface area contributed by atoms with Gasteiger partial charge in [0.2, 0.25) is 0 Å². The Morgan fingerprint density at radius 1 is 1.04 bits per heavy atom. The van der Waals surface area contributed by atoms with Crippen molar-refractivity contribution in [1.82, 2.24) is 4.90 Å². The molecule has 2 aromatic rings. The Labute approximate surface area is 143 Å². The quantitative estimate of drug-likeness (QED) is 0.743. The number of fused-ring (bicyclic) bond motifs is 3. The molecule has 0 spiro atoms. The third kappa shape index (κ3) is 1.85. The van der Waals surface area contributed by atoms with Gasteiger partial charge in [0, 0.05) is 21.4 Å². The molecule has 0 bridgehead atoms. The van der Waals surface area contributed by atoms with Crippen molar-refractivity contribution in [1.29, 1.82) is 0 Å². The Morgan fingerprint density at radius 3 is 2.48 bits per heavy atom. The molecule has 2 unspecified atom stereocenters. The SMILES string of the molecule is [2H]C([2H])([2H])C1N(c2ccccc2C)[C@@H](C)C2c3ccccc3C(C)(C)N21. The van der Waals surface area contributed by atoms with Gasteiger partial charge in [-0.05, 0) is 57.3 Å². The first-order valence-electron chi connectivity index (χ1n) is 9.87. The number of para-hydroxylation sites is 1. The minimum atomic E-state index is -2.11. The van der Waals surface area contributed by atoms with Crippen molar-refractivity contribution in [3.05, 3.63) is 65.2 Å². The van der Waals surface area contributed by atoms with Crippen LogP contribution in [0.25, 0.3) is 0 Å². The highest BCUT2D eigenvalue weighted by molar-refractivity contribution is 5.58. The Morgan fingerprint density at radius 2 is 1.74 bits per heavy atom. The molecule has 2 heteroatoms. The predicted molar refractivity (Wildman–Crippen MR) is 96.6 cm³/mol. The number of benzene rings is 2. The van der Waals surface area contributed by atoms with E-state index in [0.29, 0.717) is 0 Å². The second kappa shape index (κ2) is 4.85. The van der Waals surface area contributed by atoms with E-state index in [1.807, 2.05) is 18.2 Å². The number of aryl methyl sites for hydroxylation is 1. The van der Waals surface area contributed by atoms with Gasteiger partial charge in [0.05, 0.1) is 12.2 Å². The number of hydrogen-bond acceptors (Lipinski definition) is 2. The second-order valence-corrected chi connectivity index (χ2v) is 7.31. The molecule has 0 aliphatic carbocycles. The highest BCUT2D eigenvalue weighted by Crippen LogP contribution is 2.54. The average molecular weight is 309 g/mol. The molecule has 23 heavy (non-hydrogen) atoms. The van der Waals surface area contributed by atoms with Gasteiger partial charge in [-0.25, -0.2) is 0 Å². The zero-order valence-electron chi connectivity index (χ0n) is 17.2. The van der Waals surface area contributed by atoms with E-state index in [4.69, 9.17) is 4.11 Å². The number of nitrogens with zero attached hydrogens (tertiary/aromatic N) is 2. The van der Waals surface area contributed by atoms with Crippen molar-refractivity contribution in [2.24, 2.45) is 0 Å². The largest absolute Gasteiger partial charge is 0.351 e. The first kappa shape index (κ1) is 11.7. The van der Waals surface area contributed by atoms with Crippen LogP contribution in [-0.2, 0) is 5.54 Å². The summed E-state index contributed by atoms with van der Waals surface area (Å²) in [5.74, 6) is 0. The fraction of sp³-hybridized carbons (Fsp3) is 0.429. The van der Waals surface area contributed by atoms with Crippen LogP contribution >= 0.6 is 0 Å². The molecule has 1 fully saturated rings. The van der Waals surface area contributed by atoms with Gasteiger partial charge in [-0.1, -0.05) is 42.5 Å². The lowest BCUT2D eigenvalue weighted by Gasteiger charge is -2.38. The molecule has 4 rings (SSSR count). The van der Waals surface area contributed by atoms with Crippen LogP contribution in [0.2, 0.25) is 0 Å². The minimum Gasteiger partial charge on any atom is -0.351 e. The third-order valence-corrected chi connectivity index (χ3v) is 5.70. The van der Waals surface area contributed by atoms with Crippen molar-refractivity contribution in [3.63, 3.8) is 0 Å². The topological polar surface area (TPSA) is 6.48 Å². The standard InChI is InChI=1S/C21H26N2/c1-14-10-6-9-13-19(14)22-15(2)20-17-11-7-8-12-18(17)21(4,5)23(20)16(22)3/h6-13,15-16,20H,1-5H3/t15-,16?,20?/m0/s1/i3D3. The van der Waals surface area contributed by atoms with Gasteiger partial charge in [0.15, 0.2) is 0 Å². The van der Waals surface area contributed by atoms with E-state index in [9.17, 15) is 0 Å². The summed E-state index contributed by atoms with van der Waals surface area (Å²) in [4.78, 5) is 4.35. The van der Waals surface area contributed by atoms with Crippen molar-refractivity contribution in [3.8, 4) is 0 Å². The van der Waals surface area contributed by atoms with Gasteiger partial charge in [0.25, 0.3) is 0 Å². The normalized spacial score (nSPS) is 31.2. The predicted octanol–water partition coefficient (Wildman–Crippen LogP) is 4.84. The maximum atomic E-state index is 8.35. The summed E-state index contributed by atoms with van der Waals surface area (Å²) in [6, 6.07) is 16.7. The first-order chi connectivity index (χ1) is 12.2. The molecule has 0 aromatic heterocycles. The molecular formula is C21H26N2. The molecule has 2 aliphatic rings. The van der Waals surface area contributed by atoms with Crippen LogP contribution in [0.15, 0.2) is 48.5 Å². The van der Waals surface area contributed by atoms with Crippen LogP contribution < -0.4 is 4.90 Å². The monoisotopic (exact) mass is 309 g/mol. The van der Waals surface area contributed by atoms with Gasteiger partial charge >= 0.3 is 0 Å². The average Bonchev–Trinajstić information content (AvgIpc) is 3.00. The molecule has 0 N–H and O–H groups in total. The highest BCUT2D eigenvalue weighted by atomic mass is 15.5. The summed E-state index contributed by atoms with van der Waals surface area (Å²) >= 11 is 0. The summed E-state index contributed by atoms with van der Waals surface area (Å²) in [5.41, 5.74) is 4.31. The van der Waals surface area contributed by atoms with E-state index in [0.717, 1.165) is 11.3 Å². The molecular weight excluding hydrogens is 280 g/mol. The number of hydrogen-bond donors (Lipinski definition) is 0. The van der Waals surface area contributed by atoms with E-state index in [2.05, 4.69) is 67.8 Å². The summed E-state index contributed by atoms with van der Waals surface area (Å²) in [7, 11) is 0. The van der Waals surface area contributed by atoms with Crippen LogP contribution in [0, 0.1) is 6.92 Å². The summed E-state index contributed by atoms with van der Waals surface area (Å²) in [6.07, 6.45) is -0.647. The third-order valence-electron chi connectivity index (χ3n) is 5.70. The second-order valence-electron chi connectivity index (χ2n) is 7.31. The molecule has 2 aliphatic heterocycles. The Bertz CT molecular complexity index is 843. The molecule has 0 radical (unpaired) electrons. The van der Waals surface area contributed by atoms with Gasteiger partial charge in [0.1, 0.15) is 0 Å². The van der Waals surface area contributed by atoms with Gasteiger partial charge in [-0.2, -0.15) is 0 Å². The molecule has 0 saturated carbocycles. The summed E-state index contributed by atoms with van der Waals surface area (Å²) < 4.78 is 25.1. The van der Waals surface area contributed by atoms with E-state index in [1.165, 1.54) is 11.1 Å². The molecule has 2 aromatic carbocycles. The van der Waals surface area contributed by atoms with Crippen molar-refractivity contribution >= 4 is 5.69 Å². The van der Waals surface area contributed by atoms with Gasteiger partial charge < -0.3 is 4.90 Å². The number of anilines is 1. The van der Waals surface area contributed by atoms with Crippen LogP contribution in [-0.4, -0.2) is 17.1 Å². The van der Waals surface area contributed by atoms with E-state index >= 15 is 0 Å². The van der Waals surface area contributed by atoms with E-state index in [1.54, 1.807) is 0 Å². The Balaban J connectivity index is 1.94. The molecule has 0 amide bonds. The maximum Gasteiger partial charge on any atom is 0.0808 e. The van der Waals surface area contributed by atoms with Crippen LogP contribution in [0.3, 0.4) is 0 Å².